The van der Waals surface area contributed by atoms with Gasteiger partial charge in [-0.2, -0.15) is 0 Å². The molecule has 0 bridgehead atoms. The molecule has 0 amide bonds. The summed E-state index contributed by atoms with van der Waals surface area (Å²) in [5, 5.41) is 7.77. The lowest BCUT2D eigenvalue weighted by atomic mass is 9.96. The molecule has 0 aliphatic carbocycles. The van der Waals surface area contributed by atoms with Gasteiger partial charge in [-0.05, 0) is 69.0 Å². The minimum atomic E-state index is 0.810. The first kappa shape index (κ1) is 12.7. The number of piperidine rings is 1. The van der Waals surface area contributed by atoms with Gasteiger partial charge in [0.05, 0.1) is 0 Å². The fourth-order valence-electron chi connectivity index (χ4n) is 2.41. The zero-order chi connectivity index (χ0) is 12.1. The summed E-state index contributed by atoms with van der Waals surface area (Å²) in [7, 11) is 0. The van der Waals surface area contributed by atoms with Gasteiger partial charge in [-0.3, -0.25) is 0 Å². The number of anilines is 1. The van der Waals surface area contributed by atoms with E-state index in [1.54, 1.807) is 0 Å². The molecule has 1 saturated heterocycles. The zero-order valence-corrected chi connectivity index (χ0v) is 11.2. The minimum Gasteiger partial charge on any atom is -0.385 e. The van der Waals surface area contributed by atoms with Crippen LogP contribution in [0.15, 0.2) is 18.2 Å². The van der Waals surface area contributed by atoms with E-state index >= 15 is 0 Å². The van der Waals surface area contributed by atoms with Crippen molar-refractivity contribution < 1.29 is 0 Å². The smallest absolute Gasteiger partial charge is 0.0410 e. The van der Waals surface area contributed by atoms with Crippen LogP contribution in [-0.4, -0.2) is 19.6 Å². The summed E-state index contributed by atoms with van der Waals surface area (Å²) in [6.07, 6.45) is 3.94. The maximum absolute atomic E-state index is 5.94. The molecule has 0 saturated carbocycles. The minimum absolute atomic E-state index is 0.810. The van der Waals surface area contributed by atoms with Crippen LogP contribution >= 0.6 is 11.6 Å². The van der Waals surface area contributed by atoms with Crippen molar-refractivity contribution in [2.75, 3.05) is 25.0 Å². The molecule has 17 heavy (non-hydrogen) atoms. The van der Waals surface area contributed by atoms with Gasteiger partial charge in [0, 0.05) is 17.3 Å². The van der Waals surface area contributed by atoms with Crippen molar-refractivity contribution in [1.29, 1.82) is 0 Å². The van der Waals surface area contributed by atoms with Crippen LogP contribution in [0.25, 0.3) is 0 Å². The van der Waals surface area contributed by atoms with Gasteiger partial charge in [0.1, 0.15) is 0 Å². The van der Waals surface area contributed by atoms with E-state index in [1.807, 2.05) is 12.1 Å². The molecule has 94 valence electrons. The van der Waals surface area contributed by atoms with Crippen LogP contribution in [0.2, 0.25) is 5.02 Å². The van der Waals surface area contributed by atoms with E-state index in [-0.39, 0.29) is 0 Å². The van der Waals surface area contributed by atoms with Crippen molar-refractivity contribution in [3.8, 4) is 0 Å². The van der Waals surface area contributed by atoms with E-state index < -0.39 is 0 Å². The highest BCUT2D eigenvalue weighted by molar-refractivity contribution is 6.30. The molecule has 3 heteroatoms. The molecule has 1 aromatic carbocycles. The van der Waals surface area contributed by atoms with E-state index in [0.717, 1.165) is 17.5 Å². The molecule has 2 N–H and O–H groups in total. The molecule has 1 aliphatic heterocycles. The monoisotopic (exact) mass is 252 g/mol. The second-order valence-electron chi connectivity index (χ2n) is 4.89. The van der Waals surface area contributed by atoms with Crippen LogP contribution in [0.4, 0.5) is 5.69 Å². The molecule has 1 aromatic rings. The highest BCUT2D eigenvalue weighted by Crippen LogP contribution is 2.20. The highest BCUT2D eigenvalue weighted by atomic mass is 35.5. The number of nitrogens with one attached hydrogen (secondary N) is 2. The van der Waals surface area contributed by atoms with Crippen LogP contribution in [0.5, 0.6) is 0 Å². The molecule has 1 atom stereocenters. The van der Waals surface area contributed by atoms with Crippen molar-refractivity contribution >= 4 is 17.3 Å². The maximum atomic E-state index is 5.94. The van der Waals surface area contributed by atoms with Crippen molar-refractivity contribution in [2.24, 2.45) is 5.92 Å². The van der Waals surface area contributed by atoms with Crippen LogP contribution < -0.4 is 10.6 Å². The molecule has 1 aliphatic rings. The van der Waals surface area contributed by atoms with E-state index in [9.17, 15) is 0 Å². The Bertz CT molecular complexity index is 359. The maximum Gasteiger partial charge on any atom is 0.0410 e. The third-order valence-corrected chi connectivity index (χ3v) is 3.69. The molecule has 1 heterocycles. The molecule has 0 radical (unpaired) electrons. The van der Waals surface area contributed by atoms with Crippen molar-refractivity contribution in [3.63, 3.8) is 0 Å². The summed E-state index contributed by atoms with van der Waals surface area (Å²) in [6.45, 7) is 5.52. The first-order chi connectivity index (χ1) is 8.25. The molecule has 0 spiro atoms. The Morgan fingerprint density at radius 3 is 3.06 bits per heavy atom. The molecule has 0 aromatic heterocycles. The average molecular weight is 253 g/mol. The number of halogens is 1. The zero-order valence-electron chi connectivity index (χ0n) is 10.4. The van der Waals surface area contributed by atoms with Crippen LogP contribution in [-0.2, 0) is 0 Å². The summed E-state index contributed by atoms with van der Waals surface area (Å²) in [5.74, 6) is 0.837. The Balaban J connectivity index is 1.77. The van der Waals surface area contributed by atoms with Gasteiger partial charge in [0.2, 0.25) is 0 Å². The van der Waals surface area contributed by atoms with Gasteiger partial charge in [0.25, 0.3) is 0 Å². The highest BCUT2D eigenvalue weighted by Gasteiger charge is 2.12. The van der Waals surface area contributed by atoms with Crippen LogP contribution in [0.1, 0.15) is 24.8 Å². The van der Waals surface area contributed by atoms with Crippen LogP contribution in [0, 0.1) is 12.8 Å². The Kier molecular flexibility index (Phi) is 4.69. The lowest BCUT2D eigenvalue weighted by Gasteiger charge is -2.23. The molecular weight excluding hydrogens is 232 g/mol. The molecule has 2 rings (SSSR count). The Morgan fingerprint density at radius 2 is 2.35 bits per heavy atom. The Hall–Kier alpha value is -0.730. The van der Waals surface area contributed by atoms with E-state index in [0.29, 0.717) is 0 Å². The average Bonchev–Trinajstić information content (AvgIpc) is 2.33. The largest absolute Gasteiger partial charge is 0.385 e. The van der Waals surface area contributed by atoms with E-state index in [2.05, 4.69) is 23.6 Å². The summed E-state index contributed by atoms with van der Waals surface area (Å²) >= 11 is 5.94. The molecule has 1 unspecified atom stereocenters. The van der Waals surface area contributed by atoms with Gasteiger partial charge >= 0.3 is 0 Å². The lowest BCUT2D eigenvalue weighted by Crippen LogP contribution is -2.30. The van der Waals surface area contributed by atoms with Gasteiger partial charge in [-0.25, -0.2) is 0 Å². The number of hydrogen-bond acceptors (Lipinski definition) is 2. The summed E-state index contributed by atoms with van der Waals surface area (Å²) < 4.78 is 0. The second-order valence-corrected chi connectivity index (χ2v) is 5.32. The standard InChI is InChI=1S/C14H21ClN2/c1-11-9-13(15)4-5-14(11)17-8-6-12-3-2-7-16-10-12/h4-5,9,12,16-17H,2-3,6-8,10H2,1H3. The quantitative estimate of drug-likeness (QED) is 0.858. The molecule has 1 fully saturated rings. The topological polar surface area (TPSA) is 24.1 Å². The van der Waals surface area contributed by atoms with Gasteiger partial charge in [0.15, 0.2) is 0 Å². The fourth-order valence-corrected chi connectivity index (χ4v) is 2.63. The van der Waals surface area contributed by atoms with E-state index in [1.165, 1.54) is 43.6 Å². The van der Waals surface area contributed by atoms with Gasteiger partial charge in [-0.15, -0.1) is 0 Å². The fraction of sp³-hybridized carbons (Fsp3) is 0.571. The SMILES string of the molecule is Cc1cc(Cl)ccc1NCCC1CCCNC1. The first-order valence-corrected chi connectivity index (χ1v) is 6.84. The Morgan fingerprint density at radius 1 is 1.47 bits per heavy atom. The number of rotatable bonds is 4. The van der Waals surface area contributed by atoms with Gasteiger partial charge < -0.3 is 10.6 Å². The first-order valence-electron chi connectivity index (χ1n) is 6.46. The van der Waals surface area contributed by atoms with E-state index in [4.69, 9.17) is 11.6 Å². The second kappa shape index (κ2) is 6.27. The van der Waals surface area contributed by atoms with Crippen molar-refractivity contribution in [1.82, 2.24) is 5.32 Å². The predicted octanol–water partition coefficient (Wildman–Crippen LogP) is 3.45. The summed E-state index contributed by atoms with van der Waals surface area (Å²) in [6, 6.07) is 6.02. The number of hydrogen-bond donors (Lipinski definition) is 2. The van der Waals surface area contributed by atoms with Gasteiger partial charge in [-0.1, -0.05) is 11.6 Å². The van der Waals surface area contributed by atoms with Crippen molar-refractivity contribution in [2.45, 2.75) is 26.2 Å². The predicted molar refractivity (Wildman–Crippen MR) is 74.9 cm³/mol. The van der Waals surface area contributed by atoms with Crippen molar-refractivity contribution in [3.05, 3.63) is 28.8 Å². The summed E-state index contributed by atoms with van der Waals surface area (Å²) in [5.41, 5.74) is 2.43. The normalized spacial score (nSPS) is 20.2. The third-order valence-electron chi connectivity index (χ3n) is 3.46. The number of aryl methyl sites for hydroxylation is 1. The molecular formula is C14H21ClN2. The van der Waals surface area contributed by atoms with Crippen LogP contribution in [0.3, 0.4) is 0 Å². The lowest BCUT2D eigenvalue weighted by molar-refractivity contribution is 0.364. The summed E-state index contributed by atoms with van der Waals surface area (Å²) in [4.78, 5) is 0. The third kappa shape index (κ3) is 3.90. The molecule has 2 nitrogen and oxygen atoms in total. The number of benzene rings is 1. The Labute approximate surface area is 109 Å².